The highest BCUT2D eigenvalue weighted by Crippen LogP contribution is 2.27. The smallest absolute Gasteiger partial charge is 0.137 e. The fourth-order valence-electron chi connectivity index (χ4n) is 2.77. The summed E-state index contributed by atoms with van der Waals surface area (Å²) in [7, 11) is 0. The second kappa shape index (κ2) is 6.76. The van der Waals surface area contributed by atoms with E-state index in [1.54, 1.807) is 24.4 Å². The molecule has 0 amide bonds. The van der Waals surface area contributed by atoms with Gasteiger partial charge in [0.05, 0.1) is 5.52 Å². The zero-order valence-corrected chi connectivity index (χ0v) is 13.9. The Bertz CT molecular complexity index is 1060. The van der Waals surface area contributed by atoms with Crippen molar-refractivity contribution >= 4 is 22.5 Å². The monoisotopic (exact) mass is 345 g/mol. The van der Waals surface area contributed by atoms with Crippen LogP contribution in [0.25, 0.3) is 22.0 Å². The van der Waals surface area contributed by atoms with E-state index in [0.29, 0.717) is 23.7 Å². The second-order valence-electron chi connectivity index (χ2n) is 5.87. The molecule has 0 aliphatic carbocycles. The van der Waals surface area contributed by atoms with Crippen LogP contribution < -0.4 is 11.1 Å². The van der Waals surface area contributed by atoms with Crippen LogP contribution >= 0.6 is 0 Å². The van der Waals surface area contributed by atoms with Gasteiger partial charge in [0.2, 0.25) is 0 Å². The highest BCUT2D eigenvalue weighted by Gasteiger charge is 2.08. The minimum absolute atomic E-state index is 0.244. The standard InChI is InChI=1S/C20H16FN5/c21-17-4-2-1-3-15(17)11-24-20-16-9-13(5-7-18(16)25-12-26-20)14-6-8-19(22)23-10-14/h1-10,12H,11H2,(H2,22,23)(H,24,25,26). The average molecular weight is 345 g/mol. The van der Waals surface area contributed by atoms with Crippen molar-refractivity contribution in [2.24, 2.45) is 0 Å². The Hall–Kier alpha value is -3.54. The highest BCUT2D eigenvalue weighted by molar-refractivity contribution is 5.92. The molecule has 26 heavy (non-hydrogen) atoms. The van der Waals surface area contributed by atoms with Crippen LogP contribution in [0.1, 0.15) is 5.56 Å². The molecule has 0 unspecified atom stereocenters. The normalized spacial score (nSPS) is 10.8. The Labute approximate surface area is 149 Å². The summed E-state index contributed by atoms with van der Waals surface area (Å²) < 4.78 is 13.8. The van der Waals surface area contributed by atoms with E-state index in [0.717, 1.165) is 22.0 Å². The number of halogens is 1. The summed E-state index contributed by atoms with van der Waals surface area (Å²) in [4.78, 5) is 12.8. The van der Waals surface area contributed by atoms with Gasteiger partial charge in [-0.05, 0) is 35.9 Å². The number of nitrogen functional groups attached to an aromatic ring is 1. The molecule has 0 saturated carbocycles. The fourth-order valence-corrected chi connectivity index (χ4v) is 2.77. The molecule has 0 aliphatic heterocycles. The van der Waals surface area contributed by atoms with E-state index < -0.39 is 0 Å². The number of benzene rings is 2. The Kier molecular flexibility index (Phi) is 4.15. The SMILES string of the molecule is Nc1ccc(-c2ccc3ncnc(NCc4ccccc4F)c3c2)cn1. The molecule has 4 aromatic rings. The molecule has 0 radical (unpaired) electrons. The summed E-state index contributed by atoms with van der Waals surface area (Å²) in [5, 5.41) is 4.07. The van der Waals surface area contributed by atoms with Gasteiger partial charge in [0.15, 0.2) is 0 Å². The number of nitrogens with two attached hydrogens (primary N) is 1. The number of aromatic nitrogens is 3. The number of nitrogens with zero attached hydrogens (tertiary/aromatic N) is 3. The number of hydrogen-bond acceptors (Lipinski definition) is 5. The Balaban J connectivity index is 1.69. The molecule has 0 aliphatic rings. The average Bonchev–Trinajstić information content (AvgIpc) is 2.67. The van der Waals surface area contributed by atoms with Crippen LogP contribution in [-0.4, -0.2) is 15.0 Å². The van der Waals surface area contributed by atoms with Gasteiger partial charge in [-0.1, -0.05) is 24.3 Å². The molecule has 5 nitrogen and oxygen atoms in total. The van der Waals surface area contributed by atoms with E-state index >= 15 is 0 Å². The van der Waals surface area contributed by atoms with E-state index in [1.807, 2.05) is 30.3 Å². The molecule has 2 aromatic heterocycles. The summed E-state index contributed by atoms with van der Waals surface area (Å²) in [5.74, 6) is 0.889. The molecule has 0 fully saturated rings. The highest BCUT2D eigenvalue weighted by atomic mass is 19.1. The van der Waals surface area contributed by atoms with Crippen molar-refractivity contribution in [1.82, 2.24) is 15.0 Å². The Morgan fingerprint density at radius 1 is 0.923 bits per heavy atom. The Morgan fingerprint density at radius 2 is 1.77 bits per heavy atom. The van der Waals surface area contributed by atoms with Crippen molar-refractivity contribution in [3.63, 3.8) is 0 Å². The number of nitrogens with one attached hydrogen (secondary N) is 1. The zero-order valence-electron chi connectivity index (χ0n) is 13.9. The van der Waals surface area contributed by atoms with Crippen LogP contribution in [0, 0.1) is 5.82 Å². The third-order valence-corrected chi connectivity index (χ3v) is 4.16. The fraction of sp³-hybridized carbons (Fsp3) is 0.0500. The third-order valence-electron chi connectivity index (χ3n) is 4.16. The molecule has 2 aromatic carbocycles. The van der Waals surface area contributed by atoms with Crippen molar-refractivity contribution in [1.29, 1.82) is 0 Å². The summed E-state index contributed by atoms with van der Waals surface area (Å²) >= 11 is 0. The lowest BCUT2D eigenvalue weighted by Gasteiger charge is -2.10. The lowest BCUT2D eigenvalue weighted by Crippen LogP contribution is -2.04. The van der Waals surface area contributed by atoms with Gasteiger partial charge >= 0.3 is 0 Å². The summed E-state index contributed by atoms with van der Waals surface area (Å²) in [6, 6.07) is 16.2. The lowest BCUT2D eigenvalue weighted by molar-refractivity contribution is 0.613. The van der Waals surface area contributed by atoms with Crippen molar-refractivity contribution in [3.8, 4) is 11.1 Å². The van der Waals surface area contributed by atoms with Crippen LogP contribution in [-0.2, 0) is 6.54 Å². The quantitative estimate of drug-likeness (QED) is 0.584. The first kappa shape index (κ1) is 16.0. The summed E-state index contributed by atoms with van der Waals surface area (Å²) in [6.45, 7) is 0.340. The molecule has 0 spiro atoms. The first-order chi connectivity index (χ1) is 12.7. The van der Waals surface area contributed by atoms with Crippen LogP contribution in [0.3, 0.4) is 0 Å². The number of hydrogen-bond donors (Lipinski definition) is 2. The number of anilines is 2. The van der Waals surface area contributed by atoms with Gasteiger partial charge in [0.1, 0.15) is 23.8 Å². The van der Waals surface area contributed by atoms with Crippen LogP contribution in [0.15, 0.2) is 67.1 Å². The van der Waals surface area contributed by atoms with Crippen molar-refractivity contribution < 1.29 is 4.39 Å². The summed E-state index contributed by atoms with van der Waals surface area (Å²) in [6.07, 6.45) is 3.23. The van der Waals surface area contributed by atoms with Gasteiger partial charge in [-0.2, -0.15) is 0 Å². The van der Waals surface area contributed by atoms with Crippen molar-refractivity contribution in [2.45, 2.75) is 6.54 Å². The largest absolute Gasteiger partial charge is 0.384 e. The molecular formula is C20H16FN5. The van der Waals surface area contributed by atoms with Crippen LogP contribution in [0.4, 0.5) is 16.0 Å². The third kappa shape index (κ3) is 3.17. The van der Waals surface area contributed by atoms with Crippen molar-refractivity contribution in [2.75, 3.05) is 11.1 Å². The maximum atomic E-state index is 13.8. The number of rotatable bonds is 4. The molecule has 2 heterocycles. The van der Waals surface area contributed by atoms with Gasteiger partial charge in [-0.3, -0.25) is 0 Å². The van der Waals surface area contributed by atoms with E-state index in [4.69, 9.17) is 5.73 Å². The second-order valence-corrected chi connectivity index (χ2v) is 5.87. The summed E-state index contributed by atoms with van der Waals surface area (Å²) in [5.41, 5.74) is 8.97. The maximum Gasteiger partial charge on any atom is 0.137 e. The van der Waals surface area contributed by atoms with Gasteiger partial charge in [0.25, 0.3) is 0 Å². The molecule has 3 N–H and O–H groups in total. The topological polar surface area (TPSA) is 76.7 Å². The Morgan fingerprint density at radius 3 is 2.58 bits per heavy atom. The zero-order chi connectivity index (χ0) is 17.9. The van der Waals surface area contributed by atoms with Gasteiger partial charge < -0.3 is 11.1 Å². The maximum absolute atomic E-state index is 13.8. The van der Waals surface area contributed by atoms with Gasteiger partial charge in [-0.25, -0.2) is 19.3 Å². The molecule has 128 valence electrons. The van der Waals surface area contributed by atoms with E-state index in [9.17, 15) is 4.39 Å². The molecule has 0 atom stereocenters. The lowest BCUT2D eigenvalue weighted by atomic mass is 10.1. The molecular weight excluding hydrogens is 329 g/mol. The van der Waals surface area contributed by atoms with E-state index in [1.165, 1.54) is 12.4 Å². The van der Waals surface area contributed by atoms with Gasteiger partial charge in [-0.15, -0.1) is 0 Å². The number of pyridine rings is 1. The first-order valence-electron chi connectivity index (χ1n) is 8.14. The predicted molar refractivity (Wildman–Crippen MR) is 101 cm³/mol. The van der Waals surface area contributed by atoms with Crippen LogP contribution in [0.5, 0.6) is 0 Å². The first-order valence-corrected chi connectivity index (χ1v) is 8.14. The van der Waals surface area contributed by atoms with Crippen LogP contribution in [0.2, 0.25) is 0 Å². The minimum Gasteiger partial charge on any atom is -0.384 e. The predicted octanol–water partition coefficient (Wildman–Crippen LogP) is 4.03. The molecule has 0 saturated heterocycles. The molecule has 6 heteroatoms. The van der Waals surface area contributed by atoms with Gasteiger partial charge in [0, 0.05) is 29.3 Å². The van der Waals surface area contributed by atoms with E-state index in [-0.39, 0.29) is 5.82 Å². The number of fused-ring (bicyclic) bond motifs is 1. The van der Waals surface area contributed by atoms with E-state index in [2.05, 4.69) is 20.3 Å². The molecule has 0 bridgehead atoms. The van der Waals surface area contributed by atoms with Crippen molar-refractivity contribution in [3.05, 3.63) is 78.5 Å². The molecule has 4 rings (SSSR count). The minimum atomic E-state index is -0.244.